The fourth-order valence-corrected chi connectivity index (χ4v) is 7.47. The van der Waals surface area contributed by atoms with Crippen LogP contribution < -0.4 is 19.5 Å². The van der Waals surface area contributed by atoms with Crippen molar-refractivity contribution >= 4 is 23.6 Å². The van der Waals surface area contributed by atoms with Gasteiger partial charge in [0.1, 0.15) is 48.8 Å². The van der Waals surface area contributed by atoms with Crippen molar-refractivity contribution in [3.63, 3.8) is 0 Å². The second-order valence-corrected chi connectivity index (χ2v) is 15.6. The maximum Gasteiger partial charge on any atom is 0.417 e. The van der Waals surface area contributed by atoms with Gasteiger partial charge in [-0.1, -0.05) is 32.0 Å². The fraction of sp³-hybridized carbons (Fsp3) is 0.477. The lowest BCUT2D eigenvalue weighted by atomic mass is 9.89. The molecular formula is C44H49F3N4O12. The van der Waals surface area contributed by atoms with Crippen molar-refractivity contribution in [1.82, 2.24) is 15.1 Å². The van der Waals surface area contributed by atoms with Crippen molar-refractivity contribution < 1.29 is 70.6 Å². The number of fused-ring (bicyclic) bond motifs is 1. The summed E-state index contributed by atoms with van der Waals surface area (Å²) in [6.45, 7) is 7.53. The van der Waals surface area contributed by atoms with E-state index in [9.17, 15) is 37.5 Å². The normalized spacial score (nSPS) is 19.8. The van der Waals surface area contributed by atoms with Gasteiger partial charge < -0.3 is 38.3 Å². The zero-order valence-electron chi connectivity index (χ0n) is 34.8. The number of aliphatic hydroxyl groups is 1. The molecule has 0 aliphatic carbocycles. The number of hydrogen-bond acceptors (Lipinski definition) is 14. The van der Waals surface area contributed by atoms with Crippen LogP contribution in [-0.2, 0) is 41.3 Å². The van der Waals surface area contributed by atoms with Crippen LogP contribution in [-0.4, -0.2) is 130 Å². The van der Waals surface area contributed by atoms with Gasteiger partial charge in [0, 0.05) is 24.9 Å². The molecule has 0 spiro atoms. The molecule has 2 N–H and O–H groups in total. The van der Waals surface area contributed by atoms with Crippen LogP contribution in [0.3, 0.4) is 0 Å². The zero-order valence-corrected chi connectivity index (χ0v) is 34.8. The summed E-state index contributed by atoms with van der Waals surface area (Å²) in [5.74, 6) is -1.63. The Morgan fingerprint density at radius 2 is 1.41 bits per heavy atom. The quantitative estimate of drug-likeness (QED) is 0.108. The Kier molecular flexibility index (Phi) is 15.7. The van der Waals surface area contributed by atoms with E-state index >= 15 is 0 Å². The van der Waals surface area contributed by atoms with Crippen molar-refractivity contribution in [2.45, 2.75) is 57.8 Å². The van der Waals surface area contributed by atoms with Crippen LogP contribution >= 0.6 is 0 Å². The highest BCUT2D eigenvalue weighted by molar-refractivity contribution is 6.24. The molecule has 0 aromatic heterocycles. The molecule has 3 aromatic rings. The number of carbonyl (C=O) groups excluding carboxylic acids is 4. The van der Waals surface area contributed by atoms with E-state index in [1.54, 1.807) is 35.2 Å². The summed E-state index contributed by atoms with van der Waals surface area (Å²) in [5.41, 5.74) is -1.09. The summed E-state index contributed by atoms with van der Waals surface area (Å²) in [5, 5.41) is 22.4. The van der Waals surface area contributed by atoms with Gasteiger partial charge in [0.05, 0.1) is 81.2 Å². The Labute approximate surface area is 361 Å². The average molecular weight is 883 g/mol. The highest BCUT2D eigenvalue weighted by atomic mass is 19.4. The molecule has 2 fully saturated rings. The van der Waals surface area contributed by atoms with Crippen LogP contribution in [0.15, 0.2) is 60.7 Å². The lowest BCUT2D eigenvalue weighted by Gasteiger charge is -2.28. The number of rotatable bonds is 22. The first-order valence-corrected chi connectivity index (χ1v) is 20.4. The second kappa shape index (κ2) is 21.2. The highest BCUT2D eigenvalue weighted by Crippen LogP contribution is 2.40. The summed E-state index contributed by atoms with van der Waals surface area (Å²) < 4.78 is 80.0. The number of hydrogen-bond donors (Lipinski definition) is 2. The Balaban J connectivity index is 0.777. The predicted molar refractivity (Wildman–Crippen MR) is 215 cm³/mol. The van der Waals surface area contributed by atoms with E-state index in [4.69, 9.17) is 38.4 Å². The van der Waals surface area contributed by atoms with Gasteiger partial charge in [-0.05, 0) is 54.4 Å². The van der Waals surface area contributed by atoms with Gasteiger partial charge in [0.15, 0.2) is 0 Å². The van der Waals surface area contributed by atoms with Crippen LogP contribution in [0, 0.1) is 16.7 Å². The lowest BCUT2D eigenvalue weighted by Crippen LogP contribution is -2.54. The monoisotopic (exact) mass is 882 g/mol. The Bertz CT molecular complexity index is 2150. The number of carbonyl (C=O) groups is 4. The number of amides is 4. The number of imide groups is 2. The molecule has 3 unspecified atom stereocenters. The van der Waals surface area contributed by atoms with Gasteiger partial charge in [-0.3, -0.25) is 34.3 Å². The summed E-state index contributed by atoms with van der Waals surface area (Å²) in [6.07, 6.45) is -6.54. The first-order chi connectivity index (χ1) is 30.2. The SMILES string of the molecule is CC1(C)CN(Cc2ccc(OCCOCCOCCOCCOCCOc3cccc4c3C(=O)N(C3CCC(=O)NC3=O)C4=O)cc2)C(O)C1Oc1ccc(C#N)c(C(F)(F)F)c1. The average Bonchev–Trinajstić information content (AvgIpc) is 3.62. The van der Waals surface area contributed by atoms with Gasteiger partial charge >= 0.3 is 6.18 Å². The molecule has 19 heteroatoms. The zero-order chi connectivity index (χ0) is 45.1. The molecule has 3 aromatic carbocycles. The Morgan fingerprint density at radius 3 is 2.02 bits per heavy atom. The van der Waals surface area contributed by atoms with Crippen molar-refractivity contribution in [2.75, 3.05) is 72.6 Å². The van der Waals surface area contributed by atoms with Gasteiger partial charge in [0.25, 0.3) is 11.8 Å². The molecule has 4 amide bonds. The molecule has 6 rings (SSSR count). The summed E-state index contributed by atoms with van der Waals surface area (Å²) in [4.78, 5) is 52.6. The number of aliphatic hydroxyl groups excluding tert-OH is 1. The Hall–Kier alpha value is -5.62. The molecule has 3 atom stereocenters. The molecule has 0 bridgehead atoms. The van der Waals surface area contributed by atoms with Crippen molar-refractivity contribution in [2.24, 2.45) is 5.41 Å². The maximum atomic E-state index is 13.5. The standard InChI is InChI=1S/C44H49F3N4O12/c1-43(2)27-50(42(56)38(43)63-31-11-8-29(25-48)33(24-31)44(45,46)47)26-28-6-9-30(10-7-28)61-22-20-59-18-16-57-14-15-58-17-19-60-21-23-62-35-5-3-4-32-37(35)41(55)51(40(32)54)34-12-13-36(52)49-39(34)53/h3-11,24,34,38,42,56H,12-23,26-27H2,1-2H3,(H,49,52,53). The number of alkyl halides is 3. The summed E-state index contributed by atoms with van der Waals surface area (Å²) in [6, 6.07) is 15.6. The maximum absolute atomic E-state index is 13.5. The predicted octanol–water partition coefficient (Wildman–Crippen LogP) is 4.11. The highest BCUT2D eigenvalue weighted by Gasteiger charge is 2.49. The van der Waals surface area contributed by atoms with E-state index in [-0.39, 0.29) is 48.7 Å². The molecular weight excluding hydrogens is 833 g/mol. The molecule has 2 saturated heterocycles. The minimum atomic E-state index is -4.72. The van der Waals surface area contributed by atoms with Gasteiger partial charge in [-0.2, -0.15) is 18.4 Å². The third-order valence-electron chi connectivity index (χ3n) is 10.5. The van der Waals surface area contributed by atoms with Crippen molar-refractivity contribution in [3.8, 4) is 23.3 Å². The number of likely N-dealkylation sites (tertiary alicyclic amines) is 1. The van der Waals surface area contributed by atoms with Crippen LogP contribution in [0.2, 0.25) is 0 Å². The van der Waals surface area contributed by atoms with E-state index in [0.717, 1.165) is 22.6 Å². The Morgan fingerprint density at radius 1 is 0.810 bits per heavy atom. The van der Waals surface area contributed by atoms with Crippen LogP contribution in [0.5, 0.6) is 17.2 Å². The molecule has 63 heavy (non-hydrogen) atoms. The molecule has 3 aliphatic rings. The minimum Gasteiger partial charge on any atom is -0.491 e. The van der Waals surface area contributed by atoms with Crippen molar-refractivity contribution in [3.05, 3.63) is 88.5 Å². The number of benzene rings is 3. The second-order valence-electron chi connectivity index (χ2n) is 15.6. The number of piperidine rings is 1. The number of nitrogens with one attached hydrogen (secondary N) is 1. The van der Waals surface area contributed by atoms with Crippen LogP contribution in [0.1, 0.15) is 64.1 Å². The molecule has 0 radical (unpaired) electrons. The first kappa shape index (κ1) is 46.9. The van der Waals surface area contributed by atoms with Crippen LogP contribution in [0.25, 0.3) is 0 Å². The van der Waals surface area contributed by atoms with Gasteiger partial charge in [-0.15, -0.1) is 0 Å². The molecule has 338 valence electrons. The van der Waals surface area contributed by atoms with Crippen molar-refractivity contribution in [1.29, 1.82) is 5.26 Å². The molecule has 3 aliphatic heterocycles. The van der Waals surface area contributed by atoms with E-state index in [0.29, 0.717) is 71.7 Å². The number of ether oxygens (including phenoxy) is 7. The van der Waals surface area contributed by atoms with Crippen LogP contribution in [0.4, 0.5) is 13.2 Å². The number of nitriles is 1. The molecule has 16 nitrogen and oxygen atoms in total. The summed E-state index contributed by atoms with van der Waals surface area (Å²) in [7, 11) is 0. The third kappa shape index (κ3) is 11.9. The van der Waals surface area contributed by atoms with E-state index in [2.05, 4.69) is 5.32 Å². The number of nitrogens with zero attached hydrogens (tertiary/aromatic N) is 3. The van der Waals surface area contributed by atoms with Gasteiger partial charge in [0.2, 0.25) is 11.8 Å². The fourth-order valence-electron chi connectivity index (χ4n) is 7.47. The van der Waals surface area contributed by atoms with E-state index in [1.807, 2.05) is 26.0 Å². The molecule has 3 heterocycles. The smallest absolute Gasteiger partial charge is 0.417 e. The topological polar surface area (TPSA) is 195 Å². The largest absolute Gasteiger partial charge is 0.491 e. The minimum absolute atomic E-state index is 0.0311. The summed E-state index contributed by atoms with van der Waals surface area (Å²) >= 11 is 0. The lowest BCUT2D eigenvalue weighted by molar-refractivity contribution is -0.138. The number of halogens is 3. The van der Waals surface area contributed by atoms with E-state index < -0.39 is 64.7 Å². The van der Waals surface area contributed by atoms with Gasteiger partial charge in [-0.25, -0.2) is 0 Å². The third-order valence-corrected chi connectivity index (χ3v) is 10.5. The molecule has 0 saturated carbocycles. The first-order valence-electron chi connectivity index (χ1n) is 20.4. The van der Waals surface area contributed by atoms with E-state index in [1.165, 1.54) is 12.1 Å².